The van der Waals surface area contributed by atoms with Crippen LogP contribution in [0.15, 0.2) is 39.0 Å². The molecule has 1 unspecified atom stereocenters. The molecule has 6 nitrogen and oxygen atoms in total. The summed E-state index contributed by atoms with van der Waals surface area (Å²) in [4.78, 5) is 23.9. The van der Waals surface area contributed by atoms with Crippen LogP contribution >= 0.6 is 34.9 Å². The number of carbonyl (C=O) groups excluding carboxylic acids is 2. The number of Topliss-reactive ketones (excluding diaryl/α,β-unsaturated/α-hetero) is 2. The van der Waals surface area contributed by atoms with Crippen molar-refractivity contribution in [3.63, 3.8) is 0 Å². The molecule has 9 heteroatoms. The van der Waals surface area contributed by atoms with Gasteiger partial charge in [-0.25, -0.2) is 0 Å². The number of carbonyl (C=O) groups is 2. The number of thioether (sulfide) groups is 2. The van der Waals surface area contributed by atoms with Gasteiger partial charge in [0, 0.05) is 11.3 Å². The van der Waals surface area contributed by atoms with Crippen LogP contribution in [0.3, 0.4) is 0 Å². The highest BCUT2D eigenvalue weighted by atomic mass is 32.2. The van der Waals surface area contributed by atoms with Crippen LogP contribution in [-0.4, -0.2) is 39.0 Å². The summed E-state index contributed by atoms with van der Waals surface area (Å²) in [5.74, 6) is -0.965. The molecule has 2 aromatic rings. The highest BCUT2D eigenvalue weighted by molar-refractivity contribution is 8.03. The Morgan fingerprint density at radius 2 is 1.80 bits per heavy atom. The molecule has 1 heterocycles. The highest BCUT2D eigenvalue weighted by Gasteiger charge is 2.20. The zero-order valence-electron chi connectivity index (χ0n) is 13.3. The molecule has 1 atom stereocenters. The van der Waals surface area contributed by atoms with Crippen molar-refractivity contribution in [2.24, 2.45) is 5.92 Å². The fourth-order valence-corrected chi connectivity index (χ4v) is 4.60. The summed E-state index contributed by atoms with van der Waals surface area (Å²) < 4.78 is 1.25. The molecule has 0 bridgehead atoms. The number of rotatable bonds is 9. The lowest BCUT2D eigenvalue weighted by Gasteiger charge is -2.03. The molecular weight excluding hydrogens is 376 g/mol. The fraction of sp³-hybridized carbons (Fsp3) is 0.250. The second-order valence-electron chi connectivity index (χ2n) is 4.91. The summed E-state index contributed by atoms with van der Waals surface area (Å²) in [6.07, 6.45) is 0. The van der Waals surface area contributed by atoms with Crippen LogP contribution in [0.5, 0.6) is 0 Å². The average molecular weight is 391 g/mol. The molecule has 0 aliphatic rings. The van der Waals surface area contributed by atoms with Gasteiger partial charge in [-0.05, 0) is 6.92 Å². The van der Waals surface area contributed by atoms with Gasteiger partial charge in [-0.2, -0.15) is 5.26 Å². The number of hydrogen-bond acceptors (Lipinski definition) is 9. The molecule has 0 spiro atoms. The molecule has 0 amide bonds. The first-order valence-electron chi connectivity index (χ1n) is 7.16. The van der Waals surface area contributed by atoms with Gasteiger partial charge in [0.25, 0.3) is 0 Å². The summed E-state index contributed by atoms with van der Waals surface area (Å²) >= 11 is 3.80. The quantitative estimate of drug-likeness (QED) is 0.397. The van der Waals surface area contributed by atoms with E-state index in [2.05, 4.69) is 10.2 Å². The van der Waals surface area contributed by atoms with Crippen LogP contribution in [0.2, 0.25) is 0 Å². The molecule has 0 saturated heterocycles. The number of aromatic nitrogens is 2. The molecule has 1 aromatic heterocycles. The van der Waals surface area contributed by atoms with Crippen molar-refractivity contribution in [1.82, 2.24) is 10.2 Å². The molecule has 0 fully saturated rings. The second-order valence-corrected chi connectivity index (χ2v) is 8.33. The summed E-state index contributed by atoms with van der Waals surface area (Å²) in [5, 5.41) is 24.3. The Balaban J connectivity index is 1.84. The average Bonchev–Trinajstić information content (AvgIpc) is 3.07. The molecular formula is C16H14N4O2S3. The SMILES string of the molecule is CC(=N)C(C#N)C(=O)CSc1nnc(SCC(=O)c2ccccc2)s1. The van der Waals surface area contributed by atoms with E-state index in [9.17, 15) is 9.59 Å². The summed E-state index contributed by atoms with van der Waals surface area (Å²) in [6, 6.07) is 10.9. The lowest BCUT2D eigenvalue weighted by molar-refractivity contribution is -0.117. The van der Waals surface area contributed by atoms with E-state index in [0.717, 1.165) is 0 Å². The number of nitriles is 1. The molecule has 0 aliphatic carbocycles. The van der Waals surface area contributed by atoms with E-state index in [1.807, 2.05) is 24.3 Å². The predicted molar refractivity (Wildman–Crippen MR) is 99.6 cm³/mol. The van der Waals surface area contributed by atoms with Crippen LogP contribution in [0.25, 0.3) is 0 Å². The van der Waals surface area contributed by atoms with Crippen LogP contribution in [0, 0.1) is 22.7 Å². The Kier molecular flexibility index (Phi) is 7.31. The van der Waals surface area contributed by atoms with E-state index >= 15 is 0 Å². The molecule has 0 aliphatic heterocycles. The minimum atomic E-state index is -1.00. The van der Waals surface area contributed by atoms with E-state index in [4.69, 9.17) is 10.7 Å². The van der Waals surface area contributed by atoms with Crippen molar-refractivity contribution < 1.29 is 9.59 Å². The number of benzene rings is 1. The number of nitrogens with zero attached hydrogens (tertiary/aromatic N) is 3. The molecule has 128 valence electrons. The third-order valence-electron chi connectivity index (χ3n) is 3.03. The Hall–Kier alpha value is -2.02. The molecule has 25 heavy (non-hydrogen) atoms. The minimum absolute atomic E-state index is 0.0171. The predicted octanol–water partition coefficient (Wildman–Crippen LogP) is 3.35. The van der Waals surface area contributed by atoms with Gasteiger partial charge in [0.05, 0.1) is 17.6 Å². The van der Waals surface area contributed by atoms with Crippen LogP contribution < -0.4 is 0 Å². The van der Waals surface area contributed by atoms with Gasteiger partial charge in [-0.1, -0.05) is 65.2 Å². The number of ketones is 2. The monoisotopic (exact) mass is 390 g/mol. The van der Waals surface area contributed by atoms with Gasteiger partial charge in [0.15, 0.2) is 20.2 Å². The second kappa shape index (κ2) is 9.46. The van der Waals surface area contributed by atoms with Crippen LogP contribution in [0.1, 0.15) is 17.3 Å². The standard InChI is InChI=1S/C16H14N4O2S3/c1-10(18)12(7-17)14(22)9-24-16-20-19-15(25-16)23-8-13(21)11-5-3-2-4-6-11/h2-6,12,18H,8-9H2,1H3. The van der Waals surface area contributed by atoms with Gasteiger partial charge in [-0.15, -0.1) is 10.2 Å². The van der Waals surface area contributed by atoms with Crippen molar-refractivity contribution >= 4 is 52.1 Å². The molecule has 1 N–H and O–H groups in total. The largest absolute Gasteiger partial charge is 0.308 e. The first-order valence-corrected chi connectivity index (χ1v) is 9.94. The molecule has 2 rings (SSSR count). The molecule has 0 saturated carbocycles. The first-order chi connectivity index (χ1) is 12.0. The van der Waals surface area contributed by atoms with Crippen molar-refractivity contribution in [2.45, 2.75) is 15.6 Å². The van der Waals surface area contributed by atoms with Crippen LogP contribution in [-0.2, 0) is 4.79 Å². The Bertz CT molecular complexity index is 814. The molecule has 0 radical (unpaired) electrons. The van der Waals surface area contributed by atoms with Gasteiger partial charge in [-0.3, -0.25) is 9.59 Å². The molecule has 1 aromatic carbocycles. The maximum atomic E-state index is 12.0. The maximum absolute atomic E-state index is 12.0. The summed E-state index contributed by atoms with van der Waals surface area (Å²) in [7, 11) is 0. The normalized spacial score (nSPS) is 11.5. The Labute approximate surface area is 157 Å². The number of nitrogens with one attached hydrogen (secondary N) is 1. The topological polar surface area (TPSA) is 108 Å². The first kappa shape index (κ1) is 19.3. The zero-order valence-corrected chi connectivity index (χ0v) is 15.7. The van der Waals surface area contributed by atoms with Gasteiger partial charge < -0.3 is 5.41 Å². The van der Waals surface area contributed by atoms with Crippen molar-refractivity contribution in [3.05, 3.63) is 35.9 Å². The lowest BCUT2D eigenvalue weighted by atomic mass is 10.0. The summed E-state index contributed by atoms with van der Waals surface area (Å²) in [5.41, 5.74) is 0.699. The van der Waals surface area contributed by atoms with E-state index < -0.39 is 5.92 Å². The zero-order chi connectivity index (χ0) is 18.2. The van der Waals surface area contributed by atoms with Crippen LogP contribution in [0.4, 0.5) is 0 Å². The number of hydrogen-bond donors (Lipinski definition) is 1. The van der Waals surface area contributed by atoms with Gasteiger partial charge in [0.2, 0.25) is 0 Å². The Morgan fingerprint density at radius 3 is 2.36 bits per heavy atom. The minimum Gasteiger partial charge on any atom is -0.308 e. The van der Waals surface area contributed by atoms with Crippen molar-refractivity contribution in [3.8, 4) is 6.07 Å². The highest BCUT2D eigenvalue weighted by Crippen LogP contribution is 2.29. The maximum Gasteiger partial charge on any atom is 0.175 e. The Morgan fingerprint density at radius 1 is 1.20 bits per heavy atom. The smallest absolute Gasteiger partial charge is 0.175 e. The fourth-order valence-electron chi connectivity index (χ4n) is 1.77. The van der Waals surface area contributed by atoms with Crippen molar-refractivity contribution in [1.29, 1.82) is 10.7 Å². The van der Waals surface area contributed by atoms with E-state index in [1.54, 1.807) is 12.1 Å². The van der Waals surface area contributed by atoms with Gasteiger partial charge in [0.1, 0.15) is 5.92 Å². The van der Waals surface area contributed by atoms with E-state index in [1.165, 1.54) is 41.8 Å². The summed E-state index contributed by atoms with van der Waals surface area (Å²) in [6.45, 7) is 1.44. The lowest BCUT2D eigenvalue weighted by Crippen LogP contribution is -2.21. The van der Waals surface area contributed by atoms with E-state index in [0.29, 0.717) is 14.2 Å². The van der Waals surface area contributed by atoms with Gasteiger partial charge >= 0.3 is 0 Å². The third kappa shape index (κ3) is 5.77. The third-order valence-corrected chi connectivity index (χ3v) is 6.24. The van der Waals surface area contributed by atoms with Crippen molar-refractivity contribution in [2.75, 3.05) is 11.5 Å². The van der Waals surface area contributed by atoms with E-state index in [-0.39, 0.29) is 28.8 Å².